The number of carbonyl (C=O) groups is 4. The Hall–Kier alpha value is -3.52. The van der Waals surface area contributed by atoms with Gasteiger partial charge >= 0.3 is 5.97 Å². The summed E-state index contributed by atoms with van der Waals surface area (Å²) in [5.41, 5.74) is 16.9. The molecule has 11 N–H and O–H groups in total. The predicted octanol–water partition coefficient (Wildman–Crippen LogP) is -2.58. The van der Waals surface area contributed by atoms with Crippen molar-refractivity contribution in [3.8, 4) is 5.75 Å². The van der Waals surface area contributed by atoms with Crippen LogP contribution in [0.3, 0.4) is 0 Å². The van der Waals surface area contributed by atoms with Crippen LogP contribution in [0.25, 0.3) is 0 Å². The van der Waals surface area contributed by atoms with Gasteiger partial charge in [0.15, 0.2) is 5.96 Å². The van der Waals surface area contributed by atoms with Gasteiger partial charge in [0.25, 0.3) is 0 Å². The van der Waals surface area contributed by atoms with Crippen molar-refractivity contribution in [1.29, 1.82) is 0 Å². The summed E-state index contributed by atoms with van der Waals surface area (Å²) in [7, 11) is 0. The number of carboxylic acid groups (broad SMARTS) is 1. The van der Waals surface area contributed by atoms with Crippen molar-refractivity contribution in [3.63, 3.8) is 0 Å². The highest BCUT2D eigenvalue weighted by atomic mass is 32.1. The van der Waals surface area contributed by atoms with Crippen LogP contribution in [-0.2, 0) is 25.6 Å². The number of nitrogens with two attached hydrogens (primary N) is 3. The number of phenolic OH excluding ortho intramolecular Hbond substituents is 1. The Morgan fingerprint density at radius 3 is 2.18 bits per heavy atom. The van der Waals surface area contributed by atoms with E-state index in [4.69, 9.17) is 22.3 Å². The number of thiol groups is 1. The molecule has 0 aliphatic rings. The monoisotopic (exact) mass is 497 g/mol. The molecule has 0 spiro atoms. The second-order valence-corrected chi connectivity index (χ2v) is 7.71. The van der Waals surface area contributed by atoms with Gasteiger partial charge in [-0.25, -0.2) is 0 Å². The van der Waals surface area contributed by atoms with Gasteiger partial charge in [-0.3, -0.25) is 24.2 Å². The van der Waals surface area contributed by atoms with Crippen molar-refractivity contribution in [1.82, 2.24) is 16.0 Å². The molecule has 34 heavy (non-hydrogen) atoms. The largest absolute Gasteiger partial charge is 0.508 e. The summed E-state index contributed by atoms with van der Waals surface area (Å²) in [5, 5.41) is 25.6. The third-order valence-electron chi connectivity index (χ3n) is 4.53. The van der Waals surface area contributed by atoms with Crippen molar-refractivity contribution in [3.05, 3.63) is 29.8 Å². The molecule has 0 aliphatic heterocycles. The van der Waals surface area contributed by atoms with Gasteiger partial charge in [0.05, 0.1) is 6.04 Å². The molecule has 1 rings (SSSR count). The maximum Gasteiger partial charge on any atom is 0.322 e. The van der Waals surface area contributed by atoms with E-state index in [0.29, 0.717) is 12.0 Å². The fourth-order valence-corrected chi connectivity index (χ4v) is 2.94. The zero-order valence-corrected chi connectivity index (χ0v) is 19.3. The van der Waals surface area contributed by atoms with Crippen LogP contribution in [-0.4, -0.2) is 76.8 Å². The van der Waals surface area contributed by atoms with Gasteiger partial charge < -0.3 is 43.4 Å². The van der Waals surface area contributed by atoms with E-state index >= 15 is 0 Å². The topological polar surface area (TPSA) is 235 Å². The number of aromatic hydroxyl groups is 1. The summed E-state index contributed by atoms with van der Waals surface area (Å²) in [6, 6.07) is 2.82. The number of nitrogens with zero attached hydrogens (tertiary/aromatic N) is 1. The molecular weight excluding hydrogens is 466 g/mol. The molecular formula is C20H31N7O6S. The van der Waals surface area contributed by atoms with Crippen LogP contribution in [0.4, 0.5) is 0 Å². The number of carboxylic acids is 1. The Kier molecular flexibility index (Phi) is 12.2. The number of amides is 3. The maximum atomic E-state index is 13.1. The fourth-order valence-electron chi connectivity index (χ4n) is 2.77. The summed E-state index contributed by atoms with van der Waals surface area (Å²) in [5.74, 6) is -3.34. The Labute approximate surface area is 201 Å². The molecule has 1 aromatic carbocycles. The molecule has 0 radical (unpaired) electrons. The molecule has 0 aromatic heterocycles. The van der Waals surface area contributed by atoms with Crippen molar-refractivity contribution in [2.45, 2.75) is 37.4 Å². The number of aliphatic imine (C=N–C) groups is 1. The maximum absolute atomic E-state index is 13.1. The molecule has 188 valence electrons. The molecule has 0 heterocycles. The lowest BCUT2D eigenvalue weighted by Gasteiger charge is -2.24. The minimum atomic E-state index is -1.25. The first-order valence-corrected chi connectivity index (χ1v) is 11.0. The van der Waals surface area contributed by atoms with Crippen molar-refractivity contribution in [2.24, 2.45) is 22.2 Å². The standard InChI is InChI=1S/C20H31N7O6S/c21-13(10-34)17(31)27-15(8-11-3-5-12(28)6-4-11)19(33)26-14(2-1-7-24-20(22)23)18(32)25-9-16(29)30/h3-6,13-15,28,34H,1-2,7-10,21H2,(H,25,32)(H,26,33)(H,27,31)(H,29,30)(H4,22,23,24). The van der Waals surface area contributed by atoms with E-state index in [1.165, 1.54) is 12.1 Å². The van der Waals surface area contributed by atoms with E-state index in [1.807, 2.05) is 0 Å². The SMILES string of the molecule is NC(N)=NCCCC(NC(=O)C(Cc1ccc(O)cc1)NC(=O)C(N)CS)C(=O)NCC(=O)O. The van der Waals surface area contributed by atoms with Gasteiger partial charge in [-0.1, -0.05) is 12.1 Å². The van der Waals surface area contributed by atoms with E-state index in [-0.39, 0.29) is 36.8 Å². The van der Waals surface area contributed by atoms with Gasteiger partial charge in [0.2, 0.25) is 17.7 Å². The summed E-state index contributed by atoms with van der Waals surface area (Å²) in [6.45, 7) is -0.449. The van der Waals surface area contributed by atoms with E-state index in [2.05, 4.69) is 33.6 Å². The lowest BCUT2D eigenvalue weighted by Crippen LogP contribution is -2.57. The van der Waals surface area contributed by atoms with Gasteiger partial charge in [-0.05, 0) is 30.5 Å². The molecule has 3 atom stereocenters. The highest BCUT2D eigenvalue weighted by molar-refractivity contribution is 7.80. The fraction of sp³-hybridized carbons (Fsp3) is 0.450. The number of carbonyl (C=O) groups excluding carboxylic acids is 3. The Bertz CT molecular complexity index is 877. The van der Waals surface area contributed by atoms with Crippen LogP contribution in [0.15, 0.2) is 29.3 Å². The Morgan fingerprint density at radius 1 is 1.00 bits per heavy atom. The van der Waals surface area contributed by atoms with E-state index in [9.17, 15) is 24.3 Å². The highest BCUT2D eigenvalue weighted by Gasteiger charge is 2.28. The Morgan fingerprint density at radius 2 is 1.62 bits per heavy atom. The molecule has 0 aliphatic carbocycles. The van der Waals surface area contributed by atoms with Crippen LogP contribution in [0, 0.1) is 0 Å². The van der Waals surface area contributed by atoms with Crippen molar-refractivity contribution >= 4 is 42.3 Å². The predicted molar refractivity (Wildman–Crippen MR) is 128 cm³/mol. The van der Waals surface area contributed by atoms with Crippen LogP contribution in [0.2, 0.25) is 0 Å². The van der Waals surface area contributed by atoms with Crippen LogP contribution in [0.5, 0.6) is 5.75 Å². The lowest BCUT2D eigenvalue weighted by molar-refractivity contribution is -0.138. The number of hydrogen-bond donors (Lipinski definition) is 9. The van der Waals surface area contributed by atoms with Gasteiger partial charge in [-0.15, -0.1) is 0 Å². The van der Waals surface area contributed by atoms with E-state index in [0.717, 1.165) is 0 Å². The lowest BCUT2D eigenvalue weighted by atomic mass is 10.0. The van der Waals surface area contributed by atoms with Crippen LogP contribution >= 0.6 is 12.6 Å². The number of rotatable bonds is 14. The van der Waals surface area contributed by atoms with Crippen LogP contribution < -0.4 is 33.2 Å². The number of aliphatic carboxylic acids is 1. The number of phenols is 1. The second kappa shape index (κ2) is 14.6. The van der Waals surface area contributed by atoms with Crippen LogP contribution in [0.1, 0.15) is 18.4 Å². The first kappa shape index (κ1) is 28.5. The first-order valence-electron chi connectivity index (χ1n) is 10.3. The van der Waals surface area contributed by atoms with Gasteiger partial charge in [0, 0.05) is 18.7 Å². The van der Waals surface area contributed by atoms with E-state index < -0.39 is 48.4 Å². The minimum absolute atomic E-state index is 0.0295. The quantitative estimate of drug-likeness (QED) is 0.0567. The average molecular weight is 498 g/mol. The molecule has 1 aromatic rings. The third-order valence-corrected chi connectivity index (χ3v) is 4.93. The molecule has 0 fully saturated rings. The second-order valence-electron chi connectivity index (χ2n) is 7.34. The molecule has 0 saturated heterocycles. The third kappa shape index (κ3) is 10.9. The molecule has 3 unspecified atom stereocenters. The number of nitrogens with one attached hydrogen (secondary N) is 3. The molecule has 3 amide bonds. The molecule has 0 saturated carbocycles. The molecule has 0 bridgehead atoms. The number of benzene rings is 1. The molecule has 14 heteroatoms. The van der Waals surface area contributed by atoms with Gasteiger partial charge in [-0.2, -0.15) is 12.6 Å². The summed E-state index contributed by atoms with van der Waals surface area (Å²) < 4.78 is 0. The van der Waals surface area contributed by atoms with Crippen molar-refractivity contribution in [2.75, 3.05) is 18.8 Å². The summed E-state index contributed by atoms with van der Waals surface area (Å²) >= 11 is 3.98. The zero-order chi connectivity index (χ0) is 25.7. The summed E-state index contributed by atoms with van der Waals surface area (Å²) in [4.78, 5) is 52.5. The van der Waals surface area contributed by atoms with E-state index in [1.54, 1.807) is 12.1 Å². The first-order chi connectivity index (χ1) is 16.0. The van der Waals surface area contributed by atoms with Gasteiger partial charge in [0.1, 0.15) is 24.4 Å². The molecule has 13 nitrogen and oxygen atoms in total. The minimum Gasteiger partial charge on any atom is -0.508 e. The Balaban J connectivity index is 3.02. The number of hydrogen-bond acceptors (Lipinski definition) is 8. The smallest absolute Gasteiger partial charge is 0.322 e. The van der Waals surface area contributed by atoms with Crippen molar-refractivity contribution < 1.29 is 29.4 Å². The summed E-state index contributed by atoms with van der Waals surface area (Å²) in [6.07, 6.45) is 0.446. The average Bonchev–Trinajstić information content (AvgIpc) is 2.79. The highest BCUT2D eigenvalue weighted by Crippen LogP contribution is 2.12. The normalized spacial score (nSPS) is 13.1. The zero-order valence-electron chi connectivity index (χ0n) is 18.4. The number of guanidine groups is 1.